The molecular formula is C16H16N4O3S. The number of carboxylic acids is 1. The molecule has 24 heavy (non-hydrogen) atoms. The van der Waals surface area contributed by atoms with Crippen LogP contribution in [-0.2, 0) is 13.6 Å². The summed E-state index contributed by atoms with van der Waals surface area (Å²) in [6.07, 6.45) is 3.68. The first-order chi connectivity index (χ1) is 11.6. The zero-order valence-electron chi connectivity index (χ0n) is 13.2. The highest BCUT2D eigenvalue weighted by atomic mass is 32.1. The van der Waals surface area contributed by atoms with Crippen molar-refractivity contribution in [3.63, 3.8) is 0 Å². The summed E-state index contributed by atoms with van der Waals surface area (Å²) >= 11 is 1.53. The number of carboxylic acid groups (broad SMARTS) is 1. The van der Waals surface area contributed by atoms with Crippen molar-refractivity contribution in [3.8, 4) is 17.0 Å². The van der Waals surface area contributed by atoms with Crippen LogP contribution < -0.4 is 10.1 Å². The fourth-order valence-electron chi connectivity index (χ4n) is 2.31. The molecule has 0 atom stereocenters. The fourth-order valence-corrected chi connectivity index (χ4v) is 3.06. The second-order valence-corrected chi connectivity index (χ2v) is 6.02. The average molecular weight is 344 g/mol. The molecule has 7 nitrogen and oxygen atoms in total. The summed E-state index contributed by atoms with van der Waals surface area (Å²) in [6, 6.07) is 4.97. The van der Waals surface area contributed by atoms with Crippen molar-refractivity contribution in [2.75, 3.05) is 12.4 Å². The fraction of sp³-hybridized carbons (Fsp3) is 0.188. The summed E-state index contributed by atoms with van der Waals surface area (Å²) in [5.74, 6) is -0.711. The van der Waals surface area contributed by atoms with Crippen LogP contribution in [0.4, 0.5) is 5.69 Å². The van der Waals surface area contributed by atoms with Crippen LogP contribution in [0.2, 0.25) is 0 Å². The van der Waals surface area contributed by atoms with E-state index in [4.69, 9.17) is 4.74 Å². The van der Waals surface area contributed by atoms with Crippen LogP contribution >= 0.6 is 11.3 Å². The molecule has 3 aromatic rings. The van der Waals surface area contributed by atoms with Gasteiger partial charge in [-0.25, -0.2) is 9.78 Å². The van der Waals surface area contributed by atoms with Crippen LogP contribution in [0.25, 0.3) is 11.3 Å². The van der Waals surface area contributed by atoms with Gasteiger partial charge in [0, 0.05) is 24.2 Å². The lowest BCUT2D eigenvalue weighted by Crippen LogP contribution is -2.06. The molecule has 1 aromatic carbocycles. The van der Waals surface area contributed by atoms with Crippen LogP contribution in [-0.4, -0.2) is 33.0 Å². The monoisotopic (exact) mass is 344 g/mol. The Hall–Kier alpha value is -2.87. The van der Waals surface area contributed by atoms with Gasteiger partial charge in [0.2, 0.25) is 0 Å². The molecule has 0 unspecified atom stereocenters. The maximum atomic E-state index is 11.2. The third-order valence-corrected chi connectivity index (χ3v) is 4.28. The molecule has 2 heterocycles. The van der Waals surface area contributed by atoms with Gasteiger partial charge in [-0.2, -0.15) is 5.10 Å². The highest BCUT2D eigenvalue weighted by Crippen LogP contribution is 2.29. The third-order valence-electron chi connectivity index (χ3n) is 3.43. The van der Waals surface area contributed by atoms with Crippen LogP contribution in [0.3, 0.4) is 0 Å². The number of benzene rings is 1. The Balaban J connectivity index is 1.76. The van der Waals surface area contributed by atoms with E-state index in [9.17, 15) is 9.90 Å². The Morgan fingerprint density at radius 1 is 1.46 bits per heavy atom. The number of para-hydroxylation sites is 1. The zero-order chi connectivity index (χ0) is 17.1. The molecule has 3 rings (SSSR count). The number of carbonyl (C=O) groups is 1. The number of anilines is 1. The highest BCUT2D eigenvalue weighted by Gasteiger charge is 2.15. The van der Waals surface area contributed by atoms with E-state index in [0.29, 0.717) is 18.0 Å². The molecule has 2 N–H and O–H groups in total. The van der Waals surface area contributed by atoms with Gasteiger partial charge in [-0.3, -0.25) is 4.68 Å². The van der Waals surface area contributed by atoms with E-state index < -0.39 is 5.97 Å². The topological polar surface area (TPSA) is 89.3 Å². The predicted molar refractivity (Wildman–Crippen MR) is 91.6 cm³/mol. The molecule has 0 fully saturated rings. The number of aryl methyl sites for hydroxylation is 1. The summed E-state index contributed by atoms with van der Waals surface area (Å²) in [5.41, 5.74) is 2.58. The quantitative estimate of drug-likeness (QED) is 0.715. The lowest BCUT2D eigenvalue weighted by molar-refractivity contribution is 0.0693. The van der Waals surface area contributed by atoms with E-state index in [2.05, 4.69) is 15.4 Å². The SMILES string of the molecule is COc1c(NCc2nc(-c3cnn(C)c3)cs2)cccc1C(=O)O. The number of hydrogen-bond acceptors (Lipinski definition) is 6. The van der Waals surface area contributed by atoms with Gasteiger partial charge in [-0.1, -0.05) is 6.07 Å². The Bertz CT molecular complexity index is 872. The lowest BCUT2D eigenvalue weighted by atomic mass is 10.1. The Morgan fingerprint density at radius 3 is 2.96 bits per heavy atom. The van der Waals surface area contributed by atoms with Crippen molar-refractivity contribution < 1.29 is 14.6 Å². The minimum atomic E-state index is -1.02. The summed E-state index contributed by atoms with van der Waals surface area (Å²) < 4.78 is 6.96. The van der Waals surface area contributed by atoms with Gasteiger partial charge in [0.05, 0.1) is 31.2 Å². The van der Waals surface area contributed by atoms with E-state index in [-0.39, 0.29) is 5.56 Å². The van der Waals surface area contributed by atoms with E-state index in [0.717, 1.165) is 16.3 Å². The highest BCUT2D eigenvalue weighted by molar-refractivity contribution is 7.09. The van der Waals surface area contributed by atoms with E-state index in [1.165, 1.54) is 24.5 Å². The molecule has 0 aliphatic rings. The van der Waals surface area contributed by atoms with Gasteiger partial charge in [0.1, 0.15) is 10.6 Å². The Morgan fingerprint density at radius 2 is 2.29 bits per heavy atom. The number of nitrogens with zero attached hydrogens (tertiary/aromatic N) is 3. The normalized spacial score (nSPS) is 10.6. The van der Waals surface area contributed by atoms with Crippen molar-refractivity contribution in [2.45, 2.75) is 6.54 Å². The second kappa shape index (κ2) is 6.71. The number of methoxy groups -OCH3 is 1. The van der Waals surface area contributed by atoms with E-state index in [1.54, 1.807) is 23.0 Å². The standard InChI is InChI=1S/C16H16N4O3S/c1-20-8-10(6-18-20)13-9-24-14(19-13)7-17-12-5-3-4-11(16(21)22)15(12)23-2/h3-6,8-9,17H,7H2,1-2H3,(H,21,22). The van der Waals surface area contributed by atoms with Crippen molar-refractivity contribution in [1.82, 2.24) is 14.8 Å². The minimum absolute atomic E-state index is 0.123. The van der Waals surface area contributed by atoms with E-state index in [1.807, 2.05) is 18.6 Å². The molecule has 0 radical (unpaired) electrons. The van der Waals surface area contributed by atoms with E-state index >= 15 is 0 Å². The number of rotatable bonds is 6. The molecule has 0 saturated carbocycles. The number of ether oxygens (including phenoxy) is 1. The van der Waals surface area contributed by atoms with Crippen molar-refractivity contribution in [3.05, 3.63) is 46.5 Å². The van der Waals surface area contributed by atoms with Gasteiger partial charge >= 0.3 is 5.97 Å². The van der Waals surface area contributed by atoms with Gasteiger partial charge in [0.25, 0.3) is 0 Å². The van der Waals surface area contributed by atoms with Crippen LogP contribution in [0, 0.1) is 0 Å². The third kappa shape index (κ3) is 3.23. The molecule has 8 heteroatoms. The average Bonchev–Trinajstić information content (AvgIpc) is 3.21. The van der Waals surface area contributed by atoms with Gasteiger partial charge in [-0.15, -0.1) is 11.3 Å². The predicted octanol–water partition coefficient (Wildman–Crippen LogP) is 2.86. The molecule has 0 aliphatic carbocycles. The van der Waals surface area contributed by atoms with Crippen LogP contribution in [0.1, 0.15) is 15.4 Å². The van der Waals surface area contributed by atoms with Crippen LogP contribution in [0.15, 0.2) is 36.0 Å². The van der Waals surface area contributed by atoms with Gasteiger partial charge < -0.3 is 15.2 Å². The molecular weight excluding hydrogens is 328 g/mol. The molecule has 0 aliphatic heterocycles. The number of nitrogens with one attached hydrogen (secondary N) is 1. The maximum absolute atomic E-state index is 11.2. The Labute approximate surface area is 142 Å². The van der Waals surface area contributed by atoms with Crippen molar-refractivity contribution in [1.29, 1.82) is 0 Å². The zero-order valence-corrected chi connectivity index (χ0v) is 14.0. The first-order valence-corrected chi connectivity index (χ1v) is 8.04. The largest absolute Gasteiger partial charge is 0.494 e. The lowest BCUT2D eigenvalue weighted by Gasteiger charge is -2.12. The minimum Gasteiger partial charge on any atom is -0.494 e. The van der Waals surface area contributed by atoms with Crippen molar-refractivity contribution in [2.24, 2.45) is 7.05 Å². The molecule has 0 bridgehead atoms. The first kappa shape index (κ1) is 16.0. The van der Waals surface area contributed by atoms with Crippen molar-refractivity contribution >= 4 is 23.0 Å². The second-order valence-electron chi connectivity index (χ2n) is 5.07. The summed E-state index contributed by atoms with van der Waals surface area (Å²) in [5, 5.41) is 19.4. The Kier molecular flexibility index (Phi) is 4.48. The first-order valence-electron chi connectivity index (χ1n) is 7.16. The van der Waals surface area contributed by atoms with Crippen LogP contribution in [0.5, 0.6) is 5.75 Å². The molecule has 0 amide bonds. The number of hydrogen-bond donors (Lipinski definition) is 2. The maximum Gasteiger partial charge on any atom is 0.339 e. The molecule has 0 saturated heterocycles. The molecule has 0 spiro atoms. The van der Waals surface area contributed by atoms with Gasteiger partial charge in [-0.05, 0) is 12.1 Å². The molecule has 124 valence electrons. The number of aromatic carboxylic acids is 1. The summed E-state index contributed by atoms with van der Waals surface area (Å²) in [6.45, 7) is 0.477. The number of thiazole rings is 1. The summed E-state index contributed by atoms with van der Waals surface area (Å²) in [4.78, 5) is 15.8. The number of aromatic nitrogens is 3. The summed E-state index contributed by atoms with van der Waals surface area (Å²) in [7, 11) is 3.32. The smallest absolute Gasteiger partial charge is 0.339 e. The molecule has 2 aromatic heterocycles. The van der Waals surface area contributed by atoms with Gasteiger partial charge in [0.15, 0.2) is 5.75 Å².